The van der Waals surface area contributed by atoms with Crippen molar-refractivity contribution in [2.45, 2.75) is 23.6 Å². The van der Waals surface area contributed by atoms with Crippen LogP contribution in [-0.4, -0.2) is 41.5 Å². The molecule has 0 fully saturated rings. The number of hydrogen-bond donors (Lipinski definition) is 5. The average Bonchev–Trinajstić information content (AvgIpc) is 3.55. The number of benzene rings is 4. The summed E-state index contributed by atoms with van der Waals surface area (Å²) in [6, 6.07) is 19.9. The molecule has 0 aliphatic carbocycles. The molecule has 0 spiro atoms. The number of nitrogens with zero attached hydrogens (tertiary/aromatic N) is 6. The molecule has 4 aromatic carbocycles. The Labute approximate surface area is 332 Å². The summed E-state index contributed by atoms with van der Waals surface area (Å²) in [6.07, 6.45) is 0. The number of phenols is 1. The molecule has 0 saturated carbocycles. The number of halogens is 2. The van der Waals surface area contributed by atoms with Gasteiger partial charge in [0.15, 0.2) is 11.4 Å². The molecule has 18 nitrogen and oxygen atoms in total. The zero-order valence-corrected chi connectivity index (χ0v) is 32.8. The molecule has 55 heavy (non-hydrogen) atoms. The van der Waals surface area contributed by atoms with Crippen LogP contribution in [0, 0.1) is 13.8 Å². The largest absolute Gasteiger partial charge is 0.871 e. The van der Waals surface area contributed by atoms with E-state index in [9.17, 15) is 36.6 Å². The molecular weight excluding hydrogens is 839 g/mol. The summed E-state index contributed by atoms with van der Waals surface area (Å²) < 4.78 is 48.4. The van der Waals surface area contributed by atoms with Gasteiger partial charge in [0.25, 0.3) is 11.1 Å². The van der Waals surface area contributed by atoms with Crippen LogP contribution in [0.5, 0.6) is 11.5 Å². The van der Waals surface area contributed by atoms with Crippen molar-refractivity contribution in [1.82, 2.24) is 19.6 Å². The Hall–Kier alpha value is -5.37. The fourth-order valence-electron chi connectivity index (χ4n) is 4.64. The number of H-pyrrole nitrogens is 2. The third-order valence-electron chi connectivity index (χ3n) is 7.29. The summed E-state index contributed by atoms with van der Waals surface area (Å²) in [4.78, 5) is 24.8. The Bertz CT molecular complexity index is 2630. The van der Waals surface area contributed by atoms with E-state index in [4.69, 9.17) is 28.3 Å². The Kier molecular flexibility index (Phi) is 13.1. The number of rotatable bonds is 8. The van der Waals surface area contributed by atoms with Crippen molar-refractivity contribution in [3.05, 3.63) is 127 Å². The third-order valence-corrected chi connectivity index (χ3v) is 9.65. The third kappa shape index (κ3) is 10.0. The number of aromatic hydroxyl groups is 1. The molecule has 0 bridgehead atoms. The van der Waals surface area contributed by atoms with Gasteiger partial charge in [-0.1, -0.05) is 47.2 Å². The molecule has 6 aromatic rings. The molecule has 0 amide bonds. The number of nitrogens with one attached hydrogen (secondary N) is 2. The first-order valence-electron chi connectivity index (χ1n) is 15.1. The summed E-state index contributed by atoms with van der Waals surface area (Å²) in [5, 5.41) is 51.7. The molecule has 23 heteroatoms. The molecule has 6 rings (SSSR count). The Morgan fingerprint density at radius 2 is 1.16 bits per heavy atom. The second-order valence-corrected chi connectivity index (χ2v) is 15.4. The normalized spacial score (nSPS) is 11.7. The van der Waals surface area contributed by atoms with Gasteiger partial charge in [0.1, 0.15) is 16.3 Å². The molecule has 286 valence electrons. The van der Waals surface area contributed by atoms with Crippen LogP contribution in [0.3, 0.4) is 0 Å². The number of hydrogen-bond acceptors (Lipinski definition) is 12. The number of sulfonamides is 2. The summed E-state index contributed by atoms with van der Waals surface area (Å²) in [6.45, 7) is 3.24. The van der Waals surface area contributed by atoms with Crippen molar-refractivity contribution >= 4 is 66.0 Å². The Balaban J connectivity index is 0.000000240. The molecule has 0 unspecified atom stereocenters. The number of quaternary nitrogens is 1. The van der Waals surface area contributed by atoms with E-state index in [1.54, 1.807) is 62.4 Å². The summed E-state index contributed by atoms with van der Waals surface area (Å²) >= 11 is 11.9. The number of azo groups is 2. The van der Waals surface area contributed by atoms with Gasteiger partial charge < -0.3 is 10.2 Å². The number of nitrogens with two attached hydrogens (primary N) is 1. The van der Waals surface area contributed by atoms with Crippen LogP contribution in [-0.2, 0) is 37.4 Å². The zero-order valence-electron chi connectivity index (χ0n) is 28.3. The first-order valence-corrected chi connectivity index (χ1v) is 19.0. The number of phenolic OH excluding ortho intramolecular Hbond substituents is 1. The fourth-order valence-corrected chi connectivity index (χ4v) is 6.11. The molecule has 8 N–H and O–H groups in total. The maximum atomic E-state index is 12.6. The van der Waals surface area contributed by atoms with Gasteiger partial charge in [-0.2, -0.15) is 13.5 Å². The van der Waals surface area contributed by atoms with Crippen molar-refractivity contribution in [2.75, 3.05) is 0 Å². The fraction of sp³-hybridized carbons (Fsp3) is 0.0625. The van der Waals surface area contributed by atoms with E-state index in [2.05, 4.69) is 35.8 Å². The van der Waals surface area contributed by atoms with Crippen molar-refractivity contribution in [2.24, 2.45) is 25.6 Å². The van der Waals surface area contributed by atoms with Crippen LogP contribution in [0.25, 0.3) is 11.4 Å². The summed E-state index contributed by atoms with van der Waals surface area (Å²) in [7, 11) is -7.73. The molecular formula is C32H28Cl2CrN10O8S2. The molecule has 0 radical (unpaired) electrons. The molecule has 0 atom stereocenters. The van der Waals surface area contributed by atoms with Gasteiger partial charge >= 0.3 is 10.0 Å². The zero-order chi connectivity index (χ0) is 39.5. The number of aryl methyl sites for hydroxylation is 2. The molecule has 2 aromatic heterocycles. The van der Waals surface area contributed by atoms with Gasteiger partial charge in [-0.3, -0.25) is 19.8 Å². The number of aromatic nitrogens is 4. The minimum absolute atomic E-state index is 0. The van der Waals surface area contributed by atoms with Gasteiger partial charge in [-0.05, 0) is 80.6 Å². The van der Waals surface area contributed by atoms with Crippen molar-refractivity contribution in [3.63, 3.8) is 0 Å². The van der Waals surface area contributed by atoms with Crippen LogP contribution in [0.4, 0.5) is 22.7 Å². The van der Waals surface area contributed by atoms with Gasteiger partial charge in [-0.25, -0.2) is 28.1 Å². The Morgan fingerprint density at radius 1 is 0.709 bits per heavy atom. The van der Waals surface area contributed by atoms with Crippen LogP contribution >= 0.6 is 23.2 Å². The maximum Gasteiger partial charge on any atom is 0.322 e. The first-order chi connectivity index (χ1) is 25.3. The molecule has 2 heterocycles. The van der Waals surface area contributed by atoms with Crippen LogP contribution in [0.15, 0.2) is 125 Å². The van der Waals surface area contributed by atoms with Crippen LogP contribution in [0.1, 0.15) is 11.4 Å². The first kappa shape index (κ1) is 42.4. The predicted molar refractivity (Wildman–Crippen MR) is 196 cm³/mol. The quantitative estimate of drug-likeness (QED) is 0.136. The van der Waals surface area contributed by atoms with E-state index >= 15 is 0 Å². The minimum Gasteiger partial charge on any atom is -0.871 e. The molecule has 0 aliphatic heterocycles. The van der Waals surface area contributed by atoms with Crippen molar-refractivity contribution in [3.8, 4) is 22.9 Å². The monoisotopic (exact) mass is 866 g/mol. The molecule has 0 saturated heterocycles. The average molecular weight is 868 g/mol. The van der Waals surface area contributed by atoms with E-state index < -0.39 is 36.9 Å². The smallest absolute Gasteiger partial charge is 0.322 e. The summed E-state index contributed by atoms with van der Waals surface area (Å²) in [5.74, 6) is -0.844. The van der Waals surface area contributed by atoms with Gasteiger partial charge in [0, 0.05) is 27.4 Å². The minimum atomic E-state index is -4.00. The Morgan fingerprint density at radius 3 is 1.62 bits per heavy atom. The van der Waals surface area contributed by atoms with Gasteiger partial charge in [-0.15, -0.1) is 15.3 Å². The maximum absolute atomic E-state index is 12.6. The van der Waals surface area contributed by atoms with E-state index in [1.807, 2.05) is 0 Å². The van der Waals surface area contributed by atoms with Crippen LogP contribution in [0.2, 0.25) is 10.0 Å². The summed E-state index contributed by atoms with van der Waals surface area (Å²) in [5.41, 5.74) is 0.496. The second-order valence-electron chi connectivity index (χ2n) is 11.3. The SMILES string of the molecule is Cc1[nH]n(-c2cccc(Cl)c2)c(=O)c1N=Nc1cc(S(N)(=O)=O)ccc1[O-].Cc1[nH]n(-c2cccc(Cl)c2)c(=O)c1N=Nc1cc(S([NH3+])(=O)=O)ccc1O.[Cr]. The van der Waals surface area contributed by atoms with Crippen molar-refractivity contribution < 1.29 is 49.5 Å². The number of primary sulfonamides is 1. The van der Waals surface area contributed by atoms with E-state index in [-0.39, 0.29) is 55.7 Å². The molecule has 0 aliphatic rings. The number of aromatic amines is 2. The van der Waals surface area contributed by atoms with E-state index in [0.29, 0.717) is 32.8 Å². The standard InChI is InChI=1S/2C16H14ClN5O4S.Cr/c2*1-9-15(16(24)22(21-9)11-4-2-3-10(17)7-11)20-19-13-8-12(27(18,25)26)5-6-14(13)23;/h2*2-8,21,23H,1H3,(H2,18,25,26);. The van der Waals surface area contributed by atoms with Crippen LogP contribution < -0.4 is 26.5 Å². The predicted octanol–water partition coefficient (Wildman–Crippen LogP) is 4.44. The van der Waals surface area contributed by atoms with E-state index in [1.165, 1.54) is 21.5 Å². The van der Waals surface area contributed by atoms with E-state index in [0.717, 1.165) is 24.3 Å². The van der Waals surface area contributed by atoms with Gasteiger partial charge in [0.05, 0.1) is 33.3 Å². The van der Waals surface area contributed by atoms with Crippen molar-refractivity contribution in [1.29, 1.82) is 0 Å². The second kappa shape index (κ2) is 17.0. The topological polar surface area (TPSA) is 290 Å². The van der Waals surface area contributed by atoms with Gasteiger partial charge in [0.2, 0.25) is 10.0 Å².